The monoisotopic (exact) mass is 301 g/mol. The first-order valence-electron chi connectivity index (χ1n) is 7.30. The number of aromatic nitrogens is 4. The molecule has 0 saturated carbocycles. The van der Waals surface area contributed by atoms with Crippen LogP contribution in [0.15, 0.2) is 18.5 Å². The van der Waals surface area contributed by atoms with Crippen molar-refractivity contribution in [2.75, 3.05) is 13.1 Å². The van der Waals surface area contributed by atoms with E-state index in [1.807, 2.05) is 19.9 Å². The van der Waals surface area contributed by atoms with Crippen LogP contribution in [0.3, 0.4) is 0 Å². The number of aryl methyl sites for hydroxylation is 2. The Bertz CT molecular complexity index is 667. The molecular formula is C15H19N5O2. The molecule has 1 fully saturated rings. The third kappa shape index (κ3) is 2.99. The molecule has 116 valence electrons. The van der Waals surface area contributed by atoms with E-state index in [2.05, 4.69) is 20.2 Å². The Hall–Kier alpha value is -2.28. The fourth-order valence-corrected chi connectivity index (χ4v) is 2.73. The predicted octanol–water partition coefficient (Wildman–Crippen LogP) is 0.492. The highest BCUT2D eigenvalue weighted by Gasteiger charge is 2.35. The molecule has 1 saturated heterocycles. The lowest BCUT2D eigenvalue weighted by Crippen LogP contribution is -2.30. The van der Waals surface area contributed by atoms with Crippen LogP contribution in [-0.4, -0.2) is 55.3 Å². The van der Waals surface area contributed by atoms with E-state index in [0.717, 1.165) is 17.1 Å². The van der Waals surface area contributed by atoms with Crippen molar-refractivity contribution >= 4 is 5.91 Å². The van der Waals surface area contributed by atoms with Gasteiger partial charge in [0.05, 0.1) is 23.7 Å². The standard InChI is InChI=1S/C15H19N5O2/c1-9-3-12(19-18-9)4-11-7-20(8-14(11)21)15(22)13-6-16-10(2)5-17-13/h3,5-6,11,14,21H,4,7-8H2,1-2H3,(H,18,19). The second kappa shape index (κ2) is 5.84. The molecular weight excluding hydrogens is 282 g/mol. The van der Waals surface area contributed by atoms with Gasteiger partial charge in [-0.3, -0.25) is 14.9 Å². The molecule has 0 aromatic carbocycles. The van der Waals surface area contributed by atoms with Crippen molar-refractivity contribution in [2.45, 2.75) is 26.4 Å². The highest BCUT2D eigenvalue weighted by molar-refractivity contribution is 5.92. The van der Waals surface area contributed by atoms with Gasteiger partial charge in [-0.25, -0.2) is 4.98 Å². The Morgan fingerprint density at radius 3 is 2.82 bits per heavy atom. The number of hydrogen-bond acceptors (Lipinski definition) is 5. The third-order valence-electron chi connectivity index (χ3n) is 3.92. The first kappa shape index (κ1) is 14.6. The van der Waals surface area contributed by atoms with E-state index in [1.165, 1.54) is 6.20 Å². The maximum Gasteiger partial charge on any atom is 0.274 e. The highest BCUT2D eigenvalue weighted by atomic mass is 16.3. The van der Waals surface area contributed by atoms with Crippen molar-refractivity contribution in [1.29, 1.82) is 0 Å². The van der Waals surface area contributed by atoms with Crippen molar-refractivity contribution in [3.05, 3.63) is 41.2 Å². The number of nitrogens with one attached hydrogen (secondary N) is 1. The quantitative estimate of drug-likeness (QED) is 0.860. The normalized spacial score (nSPS) is 21.3. The number of nitrogens with zero attached hydrogens (tertiary/aromatic N) is 4. The van der Waals surface area contributed by atoms with Gasteiger partial charge in [0.25, 0.3) is 5.91 Å². The molecule has 0 spiro atoms. The second-order valence-corrected chi connectivity index (χ2v) is 5.83. The molecule has 2 aromatic rings. The van der Waals surface area contributed by atoms with Gasteiger partial charge in [-0.05, 0) is 26.3 Å². The van der Waals surface area contributed by atoms with Gasteiger partial charge < -0.3 is 10.0 Å². The van der Waals surface area contributed by atoms with E-state index in [9.17, 15) is 9.90 Å². The van der Waals surface area contributed by atoms with Gasteiger partial charge in [-0.2, -0.15) is 5.10 Å². The summed E-state index contributed by atoms with van der Waals surface area (Å²) in [6, 6.07) is 1.96. The molecule has 7 heteroatoms. The van der Waals surface area contributed by atoms with Crippen LogP contribution in [0.2, 0.25) is 0 Å². The summed E-state index contributed by atoms with van der Waals surface area (Å²) in [7, 11) is 0. The van der Waals surface area contributed by atoms with Crippen LogP contribution in [0, 0.1) is 19.8 Å². The molecule has 3 heterocycles. The minimum atomic E-state index is -0.542. The van der Waals surface area contributed by atoms with Crippen molar-refractivity contribution in [3.63, 3.8) is 0 Å². The zero-order valence-corrected chi connectivity index (χ0v) is 12.7. The molecule has 2 atom stereocenters. The number of carbonyl (C=O) groups is 1. The van der Waals surface area contributed by atoms with Crippen LogP contribution in [0.4, 0.5) is 0 Å². The van der Waals surface area contributed by atoms with Gasteiger partial charge in [-0.1, -0.05) is 0 Å². The summed E-state index contributed by atoms with van der Waals surface area (Å²) in [6.45, 7) is 4.58. The first-order valence-corrected chi connectivity index (χ1v) is 7.30. The molecule has 2 N–H and O–H groups in total. The third-order valence-corrected chi connectivity index (χ3v) is 3.92. The molecule has 22 heavy (non-hydrogen) atoms. The molecule has 1 aliphatic rings. The Labute approximate surface area is 128 Å². The lowest BCUT2D eigenvalue weighted by atomic mass is 10.0. The van der Waals surface area contributed by atoms with E-state index < -0.39 is 6.10 Å². The molecule has 0 bridgehead atoms. The minimum absolute atomic E-state index is 0.00921. The van der Waals surface area contributed by atoms with Crippen LogP contribution < -0.4 is 0 Å². The number of amides is 1. The number of aromatic amines is 1. The molecule has 1 amide bonds. The van der Waals surface area contributed by atoms with E-state index in [1.54, 1.807) is 11.1 Å². The largest absolute Gasteiger partial charge is 0.391 e. The number of aliphatic hydroxyl groups is 1. The number of aliphatic hydroxyl groups excluding tert-OH is 1. The van der Waals surface area contributed by atoms with Crippen molar-refractivity contribution in [2.24, 2.45) is 5.92 Å². The van der Waals surface area contributed by atoms with Gasteiger partial charge in [0.2, 0.25) is 0 Å². The van der Waals surface area contributed by atoms with Gasteiger partial charge in [0, 0.05) is 30.9 Å². The Morgan fingerprint density at radius 2 is 2.18 bits per heavy atom. The van der Waals surface area contributed by atoms with Crippen LogP contribution in [-0.2, 0) is 6.42 Å². The average molecular weight is 301 g/mol. The zero-order valence-electron chi connectivity index (χ0n) is 12.7. The molecule has 2 aromatic heterocycles. The first-order chi connectivity index (χ1) is 10.5. The molecule has 0 aliphatic carbocycles. The van der Waals surface area contributed by atoms with E-state index in [4.69, 9.17) is 0 Å². The summed E-state index contributed by atoms with van der Waals surface area (Å²) in [6.07, 6.45) is 3.16. The number of likely N-dealkylation sites (tertiary alicyclic amines) is 1. The molecule has 0 radical (unpaired) electrons. The summed E-state index contributed by atoms with van der Waals surface area (Å²) in [4.78, 5) is 22.2. The van der Waals surface area contributed by atoms with E-state index in [0.29, 0.717) is 25.2 Å². The predicted molar refractivity (Wildman–Crippen MR) is 79.2 cm³/mol. The number of hydrogen-bond donors (Lipinski definition) is 2. The number of H-pyrrole nitrogens is 1. The molecule has 1 aliphatic heterocycles. The van der Waals surface area contributed by atoms with Gasteiger partial charge in [0.15, 0.2) is 0 Å². The van der Waals surface area contributed by atoms with Gasteiger partial charge in [-0.15, -0.1) is 0 Å². The lowest BCUT2D eigenvalue weighted by Gasteiger charge is -2.15. The lowest BCUT2D eigenvalue weighted by molar-refractivity contribution is 0.0758. The van der Waals surface area contributed by atoms with Gasteiger partial charge >= 0.3 is 0 Å². The maximum absolute atomic E-state index is 12.4. The second-order valence-electron chi connectivity index (χ2n) is 5.83. The van der Waals surface area contributed by atoms with Crippen LogP contribution in [0.1, 0.15) is 27.6 Å². The van der Waals surface area contributed by atoms with E-state index >= 15 is 0 Å². The highest BCUT2D eigenvalue weighted by Crippen LogP contribution is 2.22. The number of rotatable bonds is 3. The molecule has 2 unspecified atom stereocenters. The van der Waals surface area contributed by atoms with Crippen molar-refractivity contribution in [3.8, 4) is 0 Å². The van der Waals surface area contributed by atoms with Crippen molar-refractivity contribution in [1.82, 2.24) is 25.1 Å². The summed E-state index contributed by atoms with van der Waals surface area (Å²) >= 11 is 0. The number of carbonyl (C=O) groups excluding carboxylic acids is 1. The SMILES string of the molecule is Cc1cnc(C(=O)N2CC(O)C(Cc3cc(C)[nH]n3)C2)cn1. The fourth-order valence-electron chi connectivity index (χ4n) is 2.73. The Morgan fingerprint density at radius 1 is 1.36 bits per heavy atom. The summed E-state index contributed by atoms with van der Waals surface area (Å²) in [5, 5.41) is 17.3. The zero-order chi connectivity index (χ0) is 15.7. The molecule has 7 nitrogen and oxygen atoms in total. The number of β-amino-alcohol motifs (C(OH)–C–C–N with tert-alkyl or cyclic N) is 1. The van der Waals surface area contributed by atoms with Crippen LogP contribution in [0.25, 0.3) is 0 Å². The fraction of sp³-hybridized carbons (Fsp3) is 0.467. The Kier molecular flexibility index (Phi) is 3.89. The van der Waals surface area contributed by atoms with E-state index in [-0.39, 0.29) is 11.8 Å². The summed E-state index contributed by atoms with van der Waals surface area (Å²) < 4.78 is 0. The average Bonchev–Trinajstić information content (AvgIpc) is 3.06. The maximum atomic E-state index is 12.4. The Balaban J connectivity index is 1.67. The van der Waals surface area contributed by atoms with Crippen LogP contribution >= 0.6 is 0 Å². The summed E-state index contributed by atoms with van der Waals surface area (Å²) in [5.74, 6) is -0.197. The minimum Gasteiger partial charge on any atom is -0.391 e. The summed E-state index contributed by atoms with van der Waals surface area (Å²) in [5.41, 5.74) is 2.98. The van der Waals surface area contributed by atoms with Crippen molar-refractivity contribution < 1.29 is 9.90 Å². The molecule has 3 rings (SSSR count). The van der Waals surface area contributed by atoms with Gasteiger partial charge in [0.1, 0.15) is 5.69 Å². The topological polar surface area (TPSA) is 95.0 Å². The smallest absolute Gasteiger partial charge is 0.274 e. The van der Waals surface area contributed by atoms with Crippen LogP contribution in [0.5, 0.6) is 0 Å².